The molecular formula is C28H41Cl4FN8. The van der Waals surface area contributed by atoms with Crippen LogP contribution in [0.5, 0.6) is 0 Å². The number of aromatic amines is 1. The van der Waals surface area contributed by atoms with Gasteiger partial charge in [0.25, 0.3) is 0 Å². The monoisotopic (exact) mass is 648 g/mol. The number of benzene rings is 1. The molecule has 3 aromatic rings. The van der Waals surface area contributed by atoms with Crippen molar-refractivity contribution >= 4 is 65.9 Å². The minimum absolute atomic E-state index is 0. The minimum Gasteiger partial charge on any atom is -0.351 e. The van der Waals surface area contributed by atoms with Crippen LogP contribution in [0.2, 0.25) is 5.02 Å². The van der Waals surface area contributed by atoms with Crippen LogP contribution in [0, 0.1) is 11.7 Å². The normalized spacial score (nSPS) is 22.9. The van der Waals surface area contributed by atoms with Gasteiger partial charge in [0.15, 0.2) is 5.65 Å². The largest absolute Gasteiger partial charge is 0.351 e. The smallest absolute Gasteiger partial charge is 0.225 e. The maximum absolute atomic E-state index is 14.4. The van der Waals surface area contributed by atoms with Crippen LogP contribution in [0.4, 0.5) is 10.3 Å². The predicted octanol–water partition coefficient (Wildman–Crippen LogP) is 6.32. The number of hydrogen-bond donors (Lipinski definition) is 4. The Morgan fingerprint density at radius 1 is 1.02 bits per heavy atom. The lowest BCUT2D eigenvalue weighted by Crippen LogP contribution is -2.54. The number of anilines is 1. The first-order valence-electron chi connectivity index (χ1n) is 14.2. The highest BCUT2D eigenvalue weighted by atomic mass is 35.5. The molecule has 228 valence electrons. The summed E-state index contributed by atoms with van der Waals surface area (Å²) in [5.74, 6) is 0.879. The van der Waals surface area contributed by atoms with Crippen molar-refractivity contribution in [2.45, 2.75) is 88.3 Å². The van der Waals surface area contributed by atoms with Gasteiger partial charge in [-0.15, -0.1) is 37.2 Å². The second kappa shape index (κ2) is 14.8. The van der Waals surface area contributed by atoms with Gasteiger partial charge in [-0.05, 0) is 75.8 Å². The van der Waals surface area contributed by atoms with Crippen LogP contribution in [-0.4, -0.2) is 50.1 Å². The van der Waals surface area contributed by atoms with Gasteiger partial charge in [-0.3, -0.25) is 0 Å². The molecule has 1 saturated heterocycles. The lowest BCUT2D eigenvalue weighted by molar-refractivity contribution is 0.0616. The number of piperidine rings is 1. The van der Waals surface area contributed by atoms with Gasteiger partial charge in [0.1, 0.15) is 11.3 Å². The average Bonchev–Trinajstić information content (AvgIpc) is 3.59. The first-order valence-corrected chi connectivity index (χ1v) is 14.6. The van der Waals surface area contributed by atoms with Crippen LogP contribution in [0.3, 0.4) is 0 Å². The van der Waals surface area contributed by atoms with Crippen molar-refractivity contribution in [3.8, 4) is 0 Å². The molecule has 6 rings (SSSR count). The van der Waals surface area contributed by atoms with Gasteiger partial charge >= 0.3 is 0 Å². The van der Waals surface area contributed by atoms with E-state index in [0.29, 0.717) is 46.6 Å². The van der Waals surface area contributed by atoms with Gasteiger partial charge < -0.3 is 16.0 Å². The zero-order valence-corrected chi connectivity index (χ0v) is 26.3. The molecule has 3 heterocycles. The summed E-state index contributed by atoms with van der Waals surface area (Å²) in [7, 11) is 0. The molecule has 0 unspecified atom stereocenters. The van der Waals surface area contributed by atoms with E-state index in [2.05, 4.69) is 25.7 Å². The van der Waals surface area contributed by atoms with Crippen molar-refractivity contribution in [3.63, 3.8) is 0 Å². The maximum atomic E-state index is 14.4. The van der Waals surface area contributed by atoms with Gasteiger partial charge in [0.2, 0.25) is 5.95 Å². The molecule has 3 aliphatic rings. The second-order valence-electron chi connectivity index (χ2n) is 11.5. The first kappa shape index (κ1) is 34.0. The number of H-pyrrole nitrogens is 1. The van der Waals surface area contributed by atoms with Crippen molar-refractivity contribution in [1.82, 2.24) is 30.4 Å². The molecule has 1 aromatic carbocycles. The fourth-order valence-corrected chi connectivity index (χ4v) is 6.88. The van der Waals surface area contributed by atoms with Crippen molar-refractivity contribution in [2.75, 3.05) is 18.4 Å². The quantitative estimate of drug-likeness (QED) is 0.237. The van der Waals surface area contributed by atoms with Crippen LogP contribution in [0.25, 0.3) is 11.2 Å². The van der Waals surface area contributed by atoms with E-state index in [1.54, 1.807) is 18.5 Å². The fourth-order valence-electron chi connectivity index (χ4n) is 6.64. The van der Waals surface area contributed by atoms with Crippen LogP contribution >= 0.6 is 48.8 Å². The Morgan fingerprint density at radius 3 is 2.41 bits per heavy atom. The fraction of sp³-hybridized carbons (Fsp3) is 0.607. The number of nitrogens with one attached hydrogen (secondary N) is 3. The molecule has 13 heteroatoms. The van der Waals surface area contributed by atoms with Gasteiger partial charge in [0.05, 0.1) is 17.6 Å². The summed E-state index contributed by atoms with van der Waals surface area (Å²) in [6.45, 7) is 1.81. The van der Waals surface area contributed by atoms with Crippen molar-refractivity contribution in [2.24, 2.45) is 11.7 Å². The summed E-state index contributed by atoms with van der Waals surface area (Å²) in [4.78, 5) is 17.7. The standard InChI is InChI=1S/C28H38ClFN8.3ClH/c29-22-4-3-5-23(30)21(22)16-18-10-14-38(15-11-18)37-28(12-1-2-13-28)25-24-26(33-17-32-24)36-27(35-25)34-20-8-6-19(31)7-9-20;;;/h3-5,17-20,37H,1-2,6-16,31H2,(H2,32,33,34,35,36);3*1H. The molecule has 2 aromatic heterocycles. The Bertz CT molecular complexity index is 1230. The van der Waals surface area contributed by atoms with Crippen molar-refractivity contribution in [3.05, 3.63) is 46.6 Å². The summed E-state index contributed by atoms with van der Waals surface area (Å²) in [5, 5.41) is 6.47. The molecule has 41 heavy (non-hydrogen) atoms. The van der Waals surface area contributed by atoms with E-state index in [-0.39, 0.29) is 48.6 Å². The lowest BCUT2D eigenvalue weighted by atomic mass is 9.89. The van der Waals surface area contributed by atoms with E-state index in [9.17, 15) is 4.39 Å². The molecule has 3 fully saturated rings. The van der Waals surface area contributed by atoms with Gasteiger partial charge in [-0.25, -0.2) is 24.8 Å². The molecule has 5 N–H and O–H groups in total. The third-order valence-corrected chi connectivity index (χ3v) is 9.20. The molecule has 1 aliphatic heterocycles. The SMILES string of the molecule is Cl.Cl.Cl.NC1CCC(Nc2nc(C3(NN4CCC(Cc5c(F)cccc5Cl)CC4)CCCC3)c3[nH]cnc3n2)CC1. The number of hydrazine groups is 1. The van der Waals surface area contributed by atoms with Crippen LogP contribution < -0.4 is 16.5 Å². The second-order valence-corrected chi connectivity index (χ2v) is 11.9. The number of hydrogen-bond acceptors (Lipinski definition) is 7. The molecule has 0 spiro atoms. The highest BCUT2D eigenvalue weighted by molar-refractivity contribution is 6.31. The lowest BCUT2D eigenvalue weighted by Gasteiger charge is -2.40. The van der Waals surface area contributed by atoms with Crippen LogP contribution in [0.1, 0.15) is 75.5 Å². The maximum Gasteiger partial charge on any atom is 0.225 e. The molecular weight excluding hydrogens is 609 g/mol. The summed E-state index contributed by atoms with van der Waals surface area (Å²) < 4.78 is 14.4. The predicted molar refractivity (Wildman–Crippen MR) is 170 cm³/mol. The van der Waals surface area contributed by atoms with E-state index in [4.69, 9.17) is 27.3 Å². The number of nitrogens with two attached hydrogens (primary N) is 1. The Kier molecular flexibility index (Phi) is 12.3. The number of fused-ring (bicyclic) bond motifs is 1. The zero-order valence-electron chi connectivity index (χ0n) is 23.1. The minimum atomic E-state index is -0.263. The first-order chi connectivity index (χ1) is 18.5. The Balaban J connectivity index is 0.00000154. The third-order valence-electron chi connectivity index (χ3n) is 8.84. The summed E-state index contributed by atoms with van der Waals surface area (Å²) in [6.07, 6.45) is 12.8. The number of halogens is 5. The average molecular weight is 651 g/mol. The van der Waals surface area contributed by atoms with Crippen LogP contribution in [0.15, 0.2) is 24.5 Å². The number of imidazole rings is 1. The van der Waals surface area contributed by atoms with E-state index in [1.807, 2.05) is 0 Å². The third kappa shape index (κ3) is 7.55. The summed E-state index contributed by atoms with van der Waals surface area (Å²) in [5.41, 5.74) is 13.1. The molecule has 2 saturated carbocycles. The highest BCUT2D eigenvalue weighted by Gasteiger charge is 2.41. The molecule has 0 atom stereocenters. The molecule has 8 nitrogen and oxygen atoms in total. The van der Waals surface area contributed by atoms with E-state index < -0.39 is 0 Å². The van der Waals surface area contributed by atoms with Crippen LogP contribution in [-0.2, 0) is 12.0 Å². The Morgan fingerprint density at radius 2 is 1.73 bits per heavy atom. The molecule has 0 bridgehead atoms. The molecule has 0 amide bonds. The molecule has 0 radical (unpaired) electrons. The van der Waals surface area contributed by atoms with E-state index in [1.165, 1.54) is 6.07 Å². The number of rotatable bonds is 7. The number of aromatic nitrogens is 4. The van der Waals surface area contributed by atoms with E-state index >= 15 is 0 Å². The zero-order chi connectivity index (χ0) is 26.1. The highest BCUT2D eigenvalue weighted by Crippen LogP contribution is 2.41. The number of nitrogens with zero attached hydrogens (tertiary/aromatic N) is 4. The Hall–Kier alpha value is -1.46. The summed E-state index contributed by atoms with van der Waals surface area (Å²) in [6, 6.07) is 5.60. The van der Waals surface area contributed by atoms with Crippen molar-refractivity contribution < 1.29 is 4.39 Å². The molecule has 2 aliphatic carbocycles. The topological polar surface area (TPSA) is 108 Å². The van der Waals surface area contributed by atoms with Gasteiger partial charge in [-0.1, -0.05) is 30.5 Å². The Labute approximate surface area is 264 Å². The van der Waals surface area contributed by atoms with Gasteiger partial charge in [-0.2, -0.15) is 4.98 Å². The van der Waals surface area contributed by atoms with Crippen molar-refractivity contribution in [1.29, 1.82) is 0 Å². The summed E-state index contributed by atoms with van der Waals surface area (Å²) >= 11 is 6.30. The van der Waals surface area contributed by atoms with E-state index in [0.717, 1.165) is 88.5 Å². The van der Waals surface area contributed by atoms with Gasteiger partial charge in [0, 0.05) is 35.8 Å².